The Morgan fingerprint density at radius 3 is 2.37 bits per heavy atom. The van der Waals surface area contributed by atoms with Crippen molar-refractivity contribution < 1.29 is 14.0 Å². The fraction of sp³-hybridized carbons (Fsp3) is 0.593. The molecule has 0 radical (unpaired) electrons. The van der Waals surface area contributed by atoms with Crippen LogP contribution in [0.3, 0.4) is 0 Å². The van der Waals surface area contributed by atoms with Crippen molar-refractivity contribution in [1.82, 2.24) is 0 Å². The van der Waals surface area contributed by atoms with E-state index in [9.17, 15) is 0 Å². The van der Waals surface area contributed by atoms with Gasteiger partial charge >= 0.3 is 0 Å². The molecule has 3 heteroatoms. The minimum absolute atomic E-state index is 0.0554. The lowest BCUT2D eigenvalue weighted by Crippen LogP contribution is -2.32. The molecule has 0 N–H and O–H groups in total. The first-order valence-electron chi connectivity index (χ1n) is 12.2. The zero-order valence-electron chi connectivity index (χ0n) is 18.8. The van der Waals surface area contributed by atoms with Gasteiger partial charge in [-0.25, -0.2) is 4.57 Å². The lowest BCUT2D eigenvalue weighted by Gasteiger charge is -2.14. The van der Waals surface area contributed by atoms with Crippen molar-refractivity contribution in [1.29, 1.82) is 0 Å². The van der Waals surface area contributed by atoms with Crippen LogP contribution in [0.5, 0.6) is 0 Å². The summed E-state index contributed by atoms with van der Waals surface area (Å²) in [6.07, 6.45) is 18.5. The monoisotopic (exact) mass is 410 g/mol. The van der Waals surface area contributed by atoms with Crippen molar-refractivity contribution >= 4 is 0 Å². The van der Waals surface area contributed by atoms with Crippen LogP contribution in [0.15, 0.2) is 54.9 Å². The Kier molecular flexibility index (Phi) is 10.4. The van der Waals surface area contributed by atoms with Crippen LogP contribution in [-0.2, 0) is 16.0 Å². The van der Waals surface area contributed by atoms with E-state index < -0.39 is 0 Å². The molecule has 1 aromatic carbocycles. The summed E-state index contributed by atoms with van der Waals surface area (Å²) in [6, 6.07) is 15.0. The second-order valence-electron chi connectivity index (χ2n) is 8.59. The molecule has 164 valence electrons. The first-order valence-corrected chi connectivity index (χ1v) is 12.2. The maximum atomic E-state index is 6.04. The van der Waals surface area contributed by atoms with E-state index in [-0.39, 0.29) is 6.29 Å². The minimum Gasteiger partial charge on any atom is -0.353 e. The lowest BCUT2D eigenvalue weighted by molar-refractivity contribution is -0.697. The van der Waals surface area contributed by atoms with Gasteiger partial charge in [0.15, 0.2) is 18.7 Å². The molecule has 1 saturated heterocycles. The number of nitrogens with zero attached hydrogens (tertiary/aromatic N) is 1. The maximum absolute atomic E-state index is 6.04. The number of unbranched alkanes of at least 4 members (excludes halogenated alkanes) is 6. The number of pyridine rings is 1. The molecule has 30 heavy (non-hydrogen) atoms. The number of aromatic nitrogens is 1. The van der Waals surface area contributed by atoms with Crippen molar-refractivity contribution in [2.75, 3.05) is 6.61 Å². The van der Waals surface area contributed by atoms with Gasteiger partial charge in [0.25, 0.3) is 0 Å². The predicted molar refractivity (Wildman–Crippen MR) is 123 cm³/mol. The maximum Gasteiger partial charge on any atom is 0.169 e. The van der Waals surface area contributed by atoms with Gasteiger partial charge < -0.3 is 9.47 Å². The molecule has 2 heterocycles. The summed E-state index contributed by atoms with van der Waals surface area (Å²) in [5.41, 5.74) is 2.56. The highest BCUT2D eigenvalue weighted by atomic mass is 16.7. The first kappa shape index (κ1) is 23.0. The predicted octanol–water partition coefficient (Wildman–Crippen LogP) is 6.69. The van der Waals surface area contributed by atoms with Crippen LogP contribution >= 0.6 is 0 Å². The van der Waals surface area contributed by atoms with Gasteiger partial charge in [0, 0.05) is 31.6 Å². The normalized spacial score (nSPS) is 18.7. The largest absolute Gasteiger partial charge is 0.353 e. The Balaban J connectivity index is 1.20. The Morgan fingerprint density at radius 1 is 0.833 bits per heavy atom. The SMILES string of the molecule is CCCCCCC1CCC(OCCCCCC[n+]2ccc(-c3ccccc3)cc2)O1. The van der Waals surface area contributed by atoms with Crippen molar-refractivity contribution in [3.8, 4) is 11.1 Å². The summed E-state index contributed by atoms with van der Waals surface area (Å²) in [7, 11) is 0. The molecule has 3 nitrogen and oxygen atoms in total. The van der Waals surface area contributed by atoms with Crippen LogP contribution in [0, 0.1) is 0 Å². The van der Waals surface area contributed by atoms with Gasteiger partial charge in [-0.05, 0) is 36.8 Å². The number of rotatable bonds is 14. The molecule has 2 unspecified atom stereocenters. The minimum atomic E-state index is 0.0554. The van der Waals surface area contributed by atoms with Gasteiger partial charge in [-0.1, -0.05) is 69.4 Å². The van der Waals surface area contributed by atoms with Gasteiger partial charge in [-0.15, -0.1) is 0 Å². The fourth-order valence-corrected chi connectivity index (χ4v) is 4.20. The smallest absolute Gasteiger partial charge is 0.169 e. The summed E-state index contributed by atoms with van der Waals surface area (Å²) in [4.78, 5) is 0. The van der Waals surface area contributed by atoms with E-state index in [0.717, 1.165) is 26.0 Å². The van der Waals surface area contributed by atoms with E-state index >= 15 is 0 Å². The van der Waals surface area contributed by atoms with E-state index in [1.807, 2.05) is 0 Å². The van der Waals surface area contributed by atoms with Crippen LogP contribution in [0.4, 0.5) is 0 Å². The van der Waals surface area contributed by atoms with Crippen molar-refractivity contribution in [3.05, 3.63) is 54.9 Å². The number of hydrogen-bond acceptors (Lipinski definition) is 2. The third-order valence-corrected chi connectivity index (χ3v) is 6.06. The fourth-order valence-electron chi connectivity index (χ4n) is 4.20. The van der Waals surface area contributed by atoms with Crippen LogP contribution in [0.25, 0.3) is 11.1 Å². The number of ether oxygens (including phenoxy) is 2. The zero-order valence-corrected chi connectivity index (χ0v) is 18.8. The Hall–Kier alpha value is -1.71. The van der Waals surface area contributed by atoms with Gasteiger partial charge in [0.2, 0.25) is 0 Å². The molecular formula is C27H40NO2+. The summed E-state index contributed by atoms with van der Waals surface area (Å²) in [6.45, 7) is 4.19. The van der Waals surface area contributed by atoms with Crippen molar-refractivity contribution in [3.63, 3.8) is 0 Å². The van der Waals surface area contributed by atoms with Crippen molar-refractivity contribution in [2.24, 2.45) is 0 Å². The molecule has 1 aliphatic heterocycles. The summed E-state index contributed by atoms with van der Waals surface area (Å²) < 4.78 is 14.3. The third kappa shape index (κ3) is 8.20. The Bertz CT molecular complexity index is 686. The molecule has 0 amide bonds. The molecule has 1 aromatic heterocycles. The van der Waals surface area contributed by atoms with Crippen molar-refractivity contribution in [2.45, 2.75) is 96.5 Å². The highest BCUT2D eigenvalue weighted by molar-refractivity contribution is 5.61. The summed E-state index contributed by atoms with van der Waals surface area (Å²) >= 11 is 0. The van der Waals surface area contributed by atoms with Gasteiger partial charge in [0.1, 0.15) is 6.54 Å². The Labute approximate surface area is 183 Å². The van der Waals surface area contributed by atoms with E-state index in [1.54, 1.807) is 0 Å². The van der Waals surface area contributed by atoms with Crippen LogP contribution in [0.2, 0.25) is 0 Å². The topological polar surface area (TPSA) is 22.3 Å². The standard InChI is InChI=1S/C27H40NO2/c1-2-3-4-10-15-26-16-17-27(30-26)29-23-12-6-5-11-20-28-21-18-25(19-22-28)24-13-8-7-9-14-24/h7-9,13-14,18-19,21-22,26-27H,2-6,10-12,15-17,20,23H2,1H3/q+1. The molecule has 0 bridgehead atoms. The number of aryl methyl sites for hydroxylation is 1. The van der Waals surface area contributed by atoms with Gasteiger partial charge in [0.05, 0.1) is 6.10 Å². The summed E-state index contributed by atoms with van der Waals surface area (Å²) in [5, 5.41) is 0. The van der Waals surface area contributed by atoms with Crippen LogP contribution in [0.1, 0.15) is 77.6 Å². The average Bonchev–Trinajstić information content (AvgIpc) is 3.25. The first-order chi connectivity index (χ1) is 14.8. The molecule has 0 saturated carbocycles. The molecule has 3 rings (SSSR count). The second-order valence-corrected chi connectivity index (χ2v) is 8.59. The van der Waals surface area contributed by atoms with E-state index in [0.29, 0.717) is 6.10 Å². The summed E-state index contributed by atoms with van der Waals surface area (Å²) in [5.74, 6) is 0. The van der Waals surface area contributed by atoms with Gasteiger partial charge in [-0.2, -0.15) is 0 Å². The molecule has 0 aliphatic carbocycles. The highest BCUT2D eigenvalue weighted by Gasteiger charge is 2.24. The van der Waals surface area contributed by atoms with E-state index in [4.69, 9.17) is 9.47 Å². The van der Waals surface area contributed by atoms with Crippen LogP contribution < -0.4 is 4.57 Å². The molecule has 1 fully saturated rings. The second kappa shape index (κ2) is 13.6. The zero-order chi connectivity index (χ0) is 20.9. The number of benzene rings is 1. The average molecular weight is 411 g/mol. The van der Waals surface area contributed by atoms with E-state index in [2.05, 4.69) is 66.3 Å². The molecule has 2 atom stereocenters. The quantitative estimate of drug-likeness (QED) is 0.256. The molecule has 2 aromatic rings. The van der Waals surface area contributed by atoms with Crippen LogP contribution in [-0.4, -0.2) is 19.0 Å². The third-order valence-electron chi connectivity index (χ3n) is 6.06. The molecule has 1 aliphatic rings. The van der Waals surface area contributed by atoms with E-state index in [1.165, 1.54) is 68.9 Å². The lowest BCUT2D eigenvalue weighted by atomic mass is 10.1. The highest BCUT2D eigenvalue weighted by Crippen LogP contribution is 2.25. The molecular weight excluding hydrogens is 370 g/mol. The van der Waals surface area contributed by atoms with Gasteiger partial charge in [-0.3, -0.25) is 0 Å². The molecule has 0 spiro atoms. The number of hydrogen-bond donors (Lipinski definition) is 0. The Morgan fingerprint density at radius 2 is 1.57 bits per heavy atom.